The Morgan fingerprint density at radius 1 is 0.867 bits per heavy atom. The van der Waals surface area contributed by atoms with Crippen LogP contribution in [0.25, 0.3) is 10.9 Å². The molecule has 150 valence electrons. The zero-order valence-corrected chi connectivity index (χ0v) is 16.2. The van der Waals surface area contributed by atoms with Crippen LogP contribution in [0, 0.1) is 0 Å². The first-order valence-electron chi connectivity index (χ1n) is 9.56. The van der Waals surface area contributed by atoms with Crippen LogP contribution in [0.5, 0.6) is 0 Å². The summed E-state index contributed by atoms with van der Waals surface area (Å²) in [6.07, 6.45) is 1.56. The normalized spacial score (nSPS) is 10.7. The predicted molar refractivity (Wildman–Crippen MR) is 111 cm³/mol. The SMILES string of the molecule is O=C(OCC(=O)N(Cc1ccccc1)Cc1ccco1)c1ccc2ccccc2n1. The molecule has 2 aromatic heterocycles. The van der Waals surface area contributed by atoms with Crippen molar-refractivity contribution in [3.8, 4) is 0 Å². The average Bonchev–Trinajstić information content (AvgIpc) is 3.30. The Morgan fingerprint density at radius 2 is 1.67 bits per heavy atom. The number of carbonyl (C=O) groups is 2. The summed E-state index contributed by atoms with van der Waals surface area (Å²) >= 11 is 0. The molecule has 2 heterocycles. The van der Waals surface area contributed by atoms with Gasteiger partial charge in [-0.25, -0.2) is 9.78 Å². The van der Waals surface area contributed by atoms with Gasteiger partial charge in [0.2, 0.25) is 0 Å². The summed E-state index contributed by atoms with van der Waals surface area (Å²) in [6, 6.07) is 24.1. The van der Waals surface area contributed by atoms with E-state index in [-0.39, 0.29) is 24.8 Å². The molecule has 4 aromatic rings. The molecule has 6 nitrogen and oxygen atoms in total. The highest BCUT2D eigenvalue weighted by Gasteiger charge is 2.19. The molecule has 4 rings (SSSR count). The first-order chi connectivity index (χ1) is 14.7. The van der Waals surface area contributed by atoms with Crippen LogP contribution in [0.2, 0.25) is 0 Å². The molecule has 0 radical (unpaired) electrons. The number of carbonyl (C=O) groups excluding carboxylic acids is 2. The predicted octanol–water partition coefficient (Wildman–Crippen LogP) is 4.21. The number of amides is 1. The van der Waals surface area contributed by atoms with Gasteiger partial charge < -0.3 is 14.1 Å². The highest BCUT2D eigenvalue weighted by Crippen LogP contribution is 2.14. The standard InChI is InChI=1S/C24H20N2O4/c27-23(17-30-24(28)22-13-12-19-9-4-5-11-21(19)25-22)26(16-20-10-6-14-29-20)15-18-7-2-1-3-8-18/h1-14H,15-17H2. The lowest BCUT2D eigenvalue weighted by Crippen LogP contribution is -2.33. The molecular weight excluding hydrogens is 380 g/mol. The molecule has 30 heavy (non-hydrogen) atoms. The summed E-state index contributed by atoms with van der Waals surface area (Å²) in [5.41, 5.74) is 1.84. The molecule has 1 amide bonds. The van der Waals surface area contributed by atoms with Crippen LogP contribution in [0.1, 0.15) is 21.8 Å². The fraction of sp³-hybridized carbons (Fsp3) is 0.125. The van der Waals surface area contributed by atoms with Gasteiger partial charge in [0.15, 0.2) is 6.61 Å². The number of nitrogens with zero attached hydrogens (tertiary/aromatic N) is 2. The summed E-state index contributed by atoms with van der Waals surface area (Å²) in [4.78, 5) is 31.1. The summed E-state index contributed by atoms with van der Waals surface area (Å²) in [6.45, 7) is 0.291. The second kappa shape index (κ2) is 9.05. The molecule has 2 aromatic carbocycles. The van der Waals surface area contributed by atoms with Gasteiger partial charge >= 0.3 is 5.97 Å². The van der Waals surface area contributed by atoms with Crippen molar-refractivity contribution >= 4 is 22.8 Å². The Balaban J connectivity index is 1.43. The van der Waals surface area contributed by atoms with Crippen molar-refractivity contribution in [1.82, 2.24) is 9.88 Å². The van der Waals surface area contributed by atoms with E-state index in [1.54, 1.807) is 35.4 Å². The van der Waals surface area contributed by atoms with Crippen molar-refractivity contribution in [2.24, 2.45) is 0 Å². The number of hydrogen-bond acceptors (Lipinski definition) is 5. The molecular formula is C24H20N2O4. The minimum atomic E-state index is -0.633. The van der Waals surface area contributed by atoms with Crippen molar-refractivity contribution in [2.45, 2.75) is 13.1 Å². The average molecular weight is 400 g/mol. The molecule has 0 N–H and O–H groups in total. The summed E-state index contributed by atoms with van der Waals surface area (Å²) < 4.78 is 10.6. The van der Waals surface area contributed by atoms with Gasteiger partial charge in [0, 0.05) is 11.9 Å². The van der Waals surface area contributed by atoms with Gasteiger partial charge in [-0.15, -0.1) is 0 Å². The first-order valence-corrected chi connectivity index (χ1v) is 9.56. The third-order valence-electron chi connectivity index (χ3n) is 4.63. The maximum atomic E-state index is 12.8. The minimum absolute atomic E-state index is 0.169. The number of fused-ring (bicyclic) bond motifs is 1. The molecule has 0 atom stereocenters. The van der Waals surface area contributed by atoms with E-state index in [9.17, 15) is 9.59 Å². The third kappa shape index (κ3) is 4.72. The van der Waals surface area contributed by atoms with Crippen molar-refractivity contribution in [2.75, 3.05) is 6.61 Å². The van der Waals surface area contributed by atoms with E-state index in [4.69, 9.17) is 9.15 Å². The Hall–Kier alpha value is -3.93. The Kier molecular flexibility index (Phi) is 5.85. The fourth-order valence-corrected chi connectivity index (χ4v) is 3.10. The van der Waals surface area contributed by atoms with Gasteiger partial charge in [-0.2, -0.15) is 0 Å². The summed E-state index contributed by atoms with van der Waals surface area (Å²) in [5.74, 6) is -0.294. The molecule has 0 saturated carbocycles. The molecule has 0 saturated heterocycles. The molecule has 6 heteroatoms. The zero-order valence-electron chi connectivity index (χ0n) is 16.2. The molecule has 0 aliphatic rings. The number of ether oxygens (including phenoxy) is 1. The lowest BCUT2D eigenvalue weighted by molar-refractivity contribution is -0.136. The summed E-state index contributed by atoms with van der Waals surface area (Å²) in [5, 5.41) is 0.928. The van der Waals surface area contributed by atoms with Crippen LogP contribution in [0.15, 0.2) is 89.5 Å². The number of rotatable bonds is 7. The van der Waals surface area contributed by atoms with Gasteiger partial charge in [-0.3, -0.25) is 4.79 Å². The molecule has 0 spiro atoms. The minimum Gasteiger partial charge on any atom is -0.467 e. The summed E-state index contributed by atoms with van der Waals surface area (Å²) in [7, 11) is 0. The Bertz CT molecular complexity index is 1140. The van der Waals surface area contributed by atoms with Gasteiger partial charge in [0.25, 0.3) is 5.91 Å². The number of hydrogen-bond donors (Lipinski definition) is 0. The number of esters is 1. The Morgan fingerprint density at radius 3 is 2.47 bits per heavy atom. The number of furan rings is 1. The monoisotopic (exact) mass is 400 g/mol. The van der Waals surface area contributed by atoms with Gasteiger partial charge in [0.1, 0.15) is 11.5 Å². The van der Waals surface area contributed by atoms with Crippen molar-refractivity contribution < 1.29 is 18.7 Å². The number of pyridine rings is 1. The lowest BCUT2D eigenvalue weighted by Gasteiger charge is -2.21. The van der Waals surface area contributed by atoms with Gasteiger partial charge in [-0.05, 0) is 29.8 Å². The second-order valence-corrected chi connectivity index (χ2v) is 6.78. The maximum absolute atomic E-state index is 12.8. The zero-order chi connectivity index (χ0) is 20.8. The maximum Gasteiger partial charge on any atom is 0.357 e. The van der Waals surface area contributed by atoms with Crippen LogP contribution >= 0.6 is 0 Å². The van der Waals surface area contributed by atoms with Crippen molar-refractivity contribution in [3.63, 3.8) is 0 Å². The molecule has 0 aliphatic heterocycles. The highest BCUT2D eigenvalue weighted by atomic mass is 16.5. The van der Waals surface area contributed by atoms with E-state index in [1.807, 2.05) is 54.6 Å². The van der Waals surface area contributed by atoms with E-state index in [1.165, 1.54) is 0 Å². The van der Waals surface area contributed by atoms with Crippen LogP contribution < -0.4 is 0 Å². The van der Waals surface area contributed by atoms with E-state index < -0.39 is 5.97 Å². The van der Waals surface area contributed by atoms with Crippen molar-refractivity contribution in [1.29, 1.82) is 0 Å². The smallest absolute Gasteiger partial charge is 0.357 e. The van der Waals surface area contributed by atoms with Gasteiger partial charge in [0.05, 0.1) is 18.3 Å². The van der Waals surface area contributed by atoms with E-state index >= 15 is 0 Å². The third-order valence-corrected chi connectivity index (χ3v) is 4.63. The first kappa shape index (κ1) is 19.4. The van der Waals surface area contributed by atoms with Crippen molar-refractivity contribution in [3.05, 3.63) is 102 Å². The van der Waals surface area contributed by atoms with Crippen LogP contribution in [0.4, 0.5) is 0 Å². The van der Waals surface area contributed by atoms with Gasteiger partial charge in [-0.1, -0.05) is 54.6 Å². The largest absolute Gasteiger partial charge is 0.467 e. The number of aromatic nitrogens is 1. The Labute approximate surface area is 173 Å². The fourth-order valence-electron chi connectivity index (χ4n) is 3.10. The van der Waals surface area contributed by atoms with Crippen LogP contribution in [0.3, 0.4) is 0 Å². The quantitative estimate of drug-likeness (QED) is 0.435. The number of benzene rings is 2. The molecule has 0 aliphatic carbocycles. The lowest BCUT2D eigenvalue weighted by atomic mass is 10.2. The van der Waals surface area contributed by atoms with Crippen LogP contribution in [-0.2, 0) is 22.6 Å². The topological polar surface area (TPSA) is 72.6 Å². The second-order valence-electron chi connectivity index (χ2n) is 6.78. The molecule has 0 fully saturated rings. The molecule has 0 bridgehead atoms. The van der Waals surface area contributed by atoms with E-state index in [0.29, 0.717) is 17.8 Å². The van der Waals surface area contributed by atoms with Crippen LogP contribution in [-0.4, -0.2) is 28.4 Å². The number of para-hydroxylation sites is 1. The van der Waals surface area contributed by atoms with E-state index in [2.05, 4.69) is 4.98 Å². The van der Waals surface area contributed by atoms with E-state index in [0.717, 1.165) is 10.9 Å². The molecule has 0 unspecified atom stereocenters. The highest BCUT2D eigenvalue weighted by molar-refractivity contribution is 5.92.